The highest BCUT2D eigenvalue weighted by molar-refractivity contribution is 5.76. The first-order valence-corrected chi connectivity index (χ1v) is 9.27. The molecule has 2 atom stereocenters. The topological polar surface area (TPSA) is 30.5 Å². The monoisotopic (exact) mass is 335 g/mol. The number of nitrogens with one attached hydrogen (secondary N) is 1. The summed E-state index contributed by atoms with van der Waals surface area (Å²) in [7, 11) is 1.79. The molecule has 25 heavy (non-hydrogen) atoms. The van der Waals surface area contributed by atoms with Gasteiger partial charge in [0.05, 0.1) is 12.8 Å². The Morgan fingerprint density at radius 3 is 2.28 bits per heavy atom. The van der Waals surface area contributed by atoms with E-state index in [1.54, 1.807) is 7.11 Å². The number of fused-ring (bicyclic) bond motifs is 10. The van der Waals surface area contributed by atoms with Crippen LogP contribution in [0.1, 0.15) is 72.8 Å². The second kappa shape index (κ2) is 5.01. The van der Waals surface area contributed by atoms with Gasteiger partial charge in [-0.2, -0.15) is 0 Å². The fourth-order valence-electron chi connectivity index (χ4n) is 4.87. The first-order chi connectivity index (χ1) is 12.0. The van der Waals surface area contributed by atoms with Crippen molar-refractivity contribution in [3.05, 3.63) is 57.6 Å². The molecule has 2 heterocycles. The van der Waals surface area contributed by atoms with Crippen molar-refractivity contribution in [2.75, 3.05) is 12.4 Å². The van der Waals surface area contributed by atoms with Gasteiger partial charge in [0.1, 0.15) is 18.0 Å². The Labute approximate surface area is 149 Å². The van der Waals surface area contributed by atoms with Crippen molar-refractivity contribution in [1.29, 1.82) is 0 Å². The Kier molecular flexibility index (Phi) is 3.06. The molecule has 5 rings (SSSR count). The van der Waals surface area contributed by atoms with Crippen LogP contribution in [0.5, 0.6) is 5.75 Å². The summed E-state index contributed by atoms with van der Waals surface area (Å²) < 4.78 is 12.4. The predicted octanol–water partition coefficient (Wildman–Crippen LogP) is 4.92. The number of ether oxygens (including phenoxy) is 2. The minimum atomic E-state index is -0.00569. The van der Waals surface area contributed by atoms with Gasteiger partial charge in [0.15, 0.2) is 0 Å². The smallest absolute Gasteiger partial charge is 0.148 e. The van der Waals surface area contributed by atoms with Crippen LogP contribution in [0.15, 0.2) is 24.3 Å². The van der Waals surface area contributed by atoms with Crippen LogP contribution in [0.2, 0.25) is 0 Å². The van der Waals surface area contributed by atoms with E-state index in [1.807, 2.05) is 0 Å². The van der Waals surface area contributed by atoms with Crippen molar-refractivity contribution >= 4 is 5.69 Å². The molecule has 2 aromatic rings. The largest absolute Gasteiger partial charge is 0.494 e. The maximum atomic E-state index is 6.46. The zero-order valence-corrected chi connectivity index (χ0v) is 15.4. The summed E-state index contributed by atoms with van der Waals surface area (Å²) in [6, 6.07) is 8.65. The summed E-state index contributed by atoms with van der Waals surface area (Å²) in [4.78, 5) is 0. The van der Waals surface area contributed by atoms with Gasteiger partial charge in [0.25, 0.3) is 0 Å². The molecule has 0 radical (unpaired) electrons. The molecule has 2 bridgehead atoms. The molecular weight excluding hydrogens is 310 g/mol. The molecule has 1 N–H and O–H groups in total. The molecule has 2 aliphatic heterocycles. The van der Waals surface area contributed by atoms with Gasteiger partial charge in [-0.15, -0.1) is 0 Å². The third-order valence-corrected chi connectivity index (χ3v) is 5.67. The SMILES string of the molecule is COc1c(NC(C)(C)C)c2c(c3c1[C@H]1O[C@@H]3c3ccccc31)CCC2. The molecule has 0 saturated heterocycles. The van der Waals surface area contributed by atoms with Crippen molar-refractivity contribution in [3.8, 4) is 5.75 Å². The number of methoxy groups -OCH3 is 1. The van der Waals surface area contributed by atoms with Gasteiger partial charge in [-0.1, -0.05) is 24.3 Å². The predicted molar refractivity (Wildman–Crippen MR) is 99.6 cm³/mol. The van der Waals surface area contributed by atoms with Crippen molar-refractivity contribution < 1.29 is 9.47 Å². The standard InChI is InChI=1S/C22H25NO2/c1-22(2,3)23-18-13-11-7-10-12(13)16-17(21(18)24-4)20-15-9-6-5-8-14(15)19(16)25-20/h5-6,8-9,19-20,23H,7,10-11H2,1-4H3/t19-,20+/m1/s1. The van der Waals surface area contributed by atoms with Crippen LogP contribution in [0.4, 0.5) is 5.69 Å². The average molecular weight is 335 g/mol. The van der Waals surface area contributed by atoms with Crippen molar-refractivity contribution in [1.82, 2.24) is 0 Å². The number of hydrogen-bond donors (Lipinski definition) is 1. The summed E-state index contributed by atoms with van der Waals surface area (Å²) in [6.45, 7) is 6.62. The molecule has 0 fully saturated rings. The summed E-state index contributed by atoms with van der Waals surface area (Å²) in [5, 5.41) is 3.73. The van der Waals surface area contributed by atoms with Crippen LogP contribution in [0, 0.1) is 0 Å². The van der Waals surface area contributed by atoms with Gasteiger partial charge >= 0.3 is 0 Å². The summed E-state index contributed by atoms with van der Waals surface area (Å²) in [6.07, 6.45) is 3.58. The highest BCUT2D eigenvalue weighted by Gasteiger charge is 2.48. The minimum Gasteiger partial charge on any atom is -0.494 e. The van der Waals surface area contributed by atoms with Crippen molar-refractivity contribution in [2.24, 2.45) is 0 Å². The third-order valence-electron chi connectivity index (χ3n) is 5.67. The minimum absolute atomic E-state index is 0.00569. The van der Waals surface area contributed by atoms with Crippen LogP contribution < -0.4 is 10.1 Å². The molecule has 1 aliphatic carbocycles. The fourth-order valence-corrected chi connectivity index (χ4v) is 4.87. The molecule has 3 nitrogen and oxygen atoms in total. The molecular formula is C22H25NO2. The Morgan fingerprint density at radius 2 is 1.64 bits per heavy atom. The van der Waals surface area contributed by atoms with Gasteiger partial charge in [-0.05, 0) is 67.9 Å². The van der Waals surface area contributed by atoms with E-state index in [-0.39, 0.29) is 17.7 Å². The highest BCUT2D eigenvalue weighted by Crippen LogP contribution is 2.61. The molecule has 0 spiro atoms. The van der Waals surface area contributed by atoms with E-state index >= 15 is 0 Å². The molecule has 2 aromatic carbocycles. The number of hydrogen-bond acceptors (Lipinski definition) is 3. The lowest BCUT2D eigenvalue weighted by molar-refractivity contribution is 0.0846. The second-order valence-corrected chi connectivity index (χ2v) is 8.45. The summed E-state index contributed by atoms with van der Waals surface area (Å²) >= 11 is 0. The molecule has 130 valence electrons. The first-order valence-electron chi connectivity index (χ1n) is 9.27. The fraction of sp³-hybridized carbons (Fsp3) is 0.455. The molecule has 0 aromatic heterocycles. The van der Waals surface area contributed by atoms with E-state index in [2.05, 4.69) is 50.4 Å². The van der Waals surface area contributed by atoms with Crippen LogP contribution in [-0.2, 0) is 17.6 Å². The summed E-state index contributed by atoms with van der Waals surface area (Å²) in [5.41, 5.74) is 9.43. The van der Waals surface area contributed by atoms with E-state index in [4.69, 9.17) is 9.47 Å². The molecule has 0 amide bonds. The van der Waals surface area contributed by atoms with Crippen molar-refractivity contribution in [3.63, 3.8) is 0 Å². The Morgan fingerprint density at radius 1 is 1.00 bits per heavy atom. The normalized spacial score (nSPS) is 22.6. The first kappa shape index (κ1) is 15.3. The van der Waals surface area contributed by atoms with E-state index in [0.717, 1.165) is 18.6 Å². The third kappa shape index (κ3) is 2.02. The van der Waals surface area contributed by atoms with E-state index in [1.165, 1.54) is 45.5 Å². The van der Waals surface area contributed by atoms with Gasteiger partial charge in [-0.3, -0.25) is 0 Å². The zero-order valence-electron chi connectivity index (χ0n) is 15.4. The molecule has 0 unspecified atom stereocenters. The quantitative estimate of drug-likeness (QED) is 0.845. The highest BCUT2D eigenvalue weighted by atomic mass is 16.5. The molecule has 0 saturated carbocycles. The zero-order chi connectivity index (χ0) is 17.3. The van der Waals surface area contributed by atoms with E-state index < -0.39 is 0 Å². The Bertz CT molecular complexity index is 879. The lowest BCUT2D eigenvalue weighted by atomic mass is 9.81. The van der Waals surface area contributed by atoms with Crippen LogP contribution in [0.25, 0.3) is 0 Å². The van der Waals surface area contributed by atoms with Gasteiger partial charge < -0.3 is 14.8 Å². The molecule has 3 heteroatoms. The van der Waals surface area contributed by atoms with Gasteiger partial charge in [0.2, 0.25) is 0 Å². The number of benzene rings is 2. The van der Waals surface area contributed by atoms with Crippen molar-refractivity contribution in [2.45, 2.75) is 57.8 Å². The lowest BCUT2D eigenvalue weighted by Gasteiger charge is -2.29. The lowest BCUT2D eigenvalue weighted by Crippen LogP contribution is -2.27. The second-order valence-electron chi connectivity index (χ2n) is 8.45. The van der Waals surface area contributed by atoms with Gasteiger partial charge in [0, 0.05) is 11.1 Å². The van der Waals surface area contributed by atoms with Crippen LogP contribution in [-0.4, -0.2) is 12.6 Å². The van der Waals surface area contributed by atoms with E-state index in [0.29, 0.717) is 0 Å². The van der Waals surface area contributed by atoms with E-state index in [9.17, 15) is 0 Å². The van der Waals surface area contributed by atoms with Gasteiger partial charge in [-0.25, -0.2) is 0 Å². The number of anilines is 1. The molecule has 3 aliphatic rings. The number of rotatable bonds is 2. The Hall–Kier alpha value is -2.00. The maximum absolute atomic E-state index is 6.46. The maximum Gasteiger partial charge on any atom is 0.148 e. The average Bonchev–Trinajstić information content (AvgIpc) is 3.27. The Balaban J connectivity index is 1.78. The van der Waals surface area contributed by atoms with Crippen LogP contribution in [0.3, 0.4) is 0 Å². The van der Waals surface area contributed by atoms with Crippen LogP contribution >= 0.6 is 0 Å². The summed E-state index contributed by atoms with van der Waals surface area (Å²) in [5.74, 6) is 0.993.